The third-order valence-electron chi connectivity index (χ3n) is 3.18. The van der Waals surface area contributed by atoms with Crippen LogP contribution in [-0.2, 0) is 11.3 Å². The van der Waals surface area contributed by atoms with Crippen molar-refractivity contribution in [3.05, 3.63) is 30.1 Å². The zero-order chi connectivity index (χ0) is 13.8. The predicted molar refractivity (Wildman–Crippen MR) is 72.8 cm³/mol. The fraction of sp³-hybridized carbons (Fsp3) is 0.571. The normalized spacial score (nSPS) is 14.3. The zero-order valence-corrected chi connectivity index (χ0v) is 11.7. The summed E-state index contributed by atoms with van der Waals surface area (Å²) in [5.74, 6) is -0.0103. The molecule has 1 aromatic rings. The van der Waals surface area contributed by atoms with Gasteiger partial charge in [0.1, 0.15) is 0 Å². The molecular formula is C14H23N3O. The number of pyridine rings is 1. The van der Waals surface area contributed by atoms with Gasteiger partial charge >= 0.3 is 0 Å². The summed E-state index contributed by atoms with van der Waals surface area (Å²) in [5, 5.41) is 0. The van der Waals surface area contributed by atoms with Gasteiger partial charge in [0.15, 0.2) is 0 Å². The molecule has 0 bridgehead atoms. The maximum absolute atomic E-state index is 12.4. The smallest absolute Gasteiger partial charge is 0.242 e. The Bertz CT molecular complexity index is 387. The lowest BCUT2D eigenvalue weighted by atomic mass is 9.97. The number of hydrogen-bond acceptors (Lipinski definition) is 3. The van der Waals surface area contributed by atoms with Crippen LogP contribution in [0.15, 0.2) is 24.5 Å². The minimum Gasteiger partial charge on any atom is -0.334 e. The minimum absolute atomic E-state index is 0.0103. The van der Waals surface area contributed by atoms with Crippen LogP contribution in [0.4, 0.5) is 0 Å². The second kappa shape index (κ2) is 5.96. The fourth-order valence-corrected chi connectivity index (χ4v) is 1.66. The Balaban J connectivity index is 2.88. The molecule has 0 aliphatic rings. The third kappa shape index (κ3) is 3.53. The molecule has 18 heavy (non-hydrogen) atoms. The largest absolute Gasteiger partial charge is 0.334 e. The van der Waals surface area contributed by atoms with E-state index in [4.69, 9.17) is 5.73 Å². The van der Waals surface area contributed by atoms with Crippen LogP contribution in [0.1, 0.15) is 39.7 Å². The number of nitrogens with zero attached hydrogens (tertiary/aromatic N) is 2. The summed E-state index contributed by atoms with van der Waals surface area (Å²) >= 11 is 0. The molecule has 4 heteroatoms. The molecule has 0 fully saturated rings. The van der Waals surface area contributed by atoms with Crippen molar-refractivity contribution in [2.24, 2.45) is 5.73 Å². The van der Waals surface area contributed by atoms with E-state index in [9.17, 15) is 4.79 Å². The van der Waals surface area contributed by atoms with Gasteiger partial charge in [-0.2, -0.15) is 0 Å². The maximum Gasteiger partial charge on any atom is 0.242 e. The number of aromatic nitrogens is 1. The molecule has 0 aromatic carbocycles. The van der Waals surface area contributed by atoms with Gasteiger partial charge in [-0.3, -0.25) is 9.78 Å². The molecule has 2 N–H and O–H groups in total. The summed E-state index contributed by atoms with van der Waals surface area (Å²) in [5.41, 5.74) is 6.27. The first-order valence-electron chi connectivity index (χ1n) is 6.37. The summed E-state index contributed by atoms with van der Waals surface area (Å²) in [6.07, 6.45) is 4.13. The van der Waals surface area contributed by atoms with Crippen LogP contribution in [0.3, 0.4) is 0 Å². The maximum atomic E-state index is 12.4. The number of nitrogens with two attached hydrogens (primary N) is 1. The summed E-state index contributed by atoms with van der Waals surface area (Å²) < 4.78 is 0. The van der Waals surface area contributed by atoms with Gasteiger partial charge in [0, 0.05) is 25.0 Å². The number of carbonyl (C=O) groups excluding carboxylic acids is 1. The Morgan fingerprint density at radius 2 is 2.22 bits per heavy atom. The summed E-state index contributed by atoms with van der Waals surface area (Å²) in [6.45, 7) is 8.27. The second-order valence-corrected chi connectivity index (χ2v) is 5.16. The highest BCUT2D eigenvalue weighted by molar-refractivity contribution is 5.85. The molecule has 1 amide bonds. The molecular weight excluding hydrogens is 226 g/mol. The molecule has 0 saturated heterocycles. The molecule has 1 rings (SSSR count). The monoisotopic (exact) mass is 249 g/mol. The highest BCUT2D eigenvalue weighted by atomic mass is 16.2. The second-order valence-electron chi connectivity index (χ2n) is 5.16. The standard InChI is InChI=1S/C14H23N3O/c1-5-14(4,15)13(18)17(11(2)3)10-12-7-6-8-16-9-12/h6-9,11H,5,10,15H2,1-4H3. The van der Waals surface area contributed by atoms with E-state index in [1.807, 2.05) is 32.9 Å². The first kappa shape index (κ1) is 14.6. The van der Waals surface area contributed by atoms with E-state index in [1.54, 1.807) is 24.2 Å². The van der Waals surface area contributed by atoms with Gasteiger partial charge in [0.2, 0.25) is 5.91 Å². The van der Waals surface area contributed by atoms with Crippen molar-refractivity contribution in [3.63, 3.8) is 0 Å². The summed E-state index contributed by atoms with van der Waals surface area (Å²) in [6, 6.07) is 3.96. The van der Waals surface area contributed by atoms with Crippen molar-refractivity contribution in [2.45, 2.75) is 52.2 Å². The average molecular weight is 249 g/mol. The first-order chi connectivity index (χ1) is 8.38. The van der Waals surface area contributed by atoms with E-state index < -0.39 is 5.54 Å². The van der Waals surface area contributed by atoms with Crippen molar-refractivity contribution in [3.8, 4) is 0 Å². The zero-order valence-electron chi connectivity index (χ0n) is 11.7. The van der Waals surface area contributed by atoms with Gasteiger partial charge in [-0.1, -0.05) is 13.0 Å². The Morgan fingerprint density at radius 1 is 1.56 bits per heavy atom. The van der Waals surface area contributed by atoms with Crippen LogP contribution in [0.25, 0.3) is 0 Å². The lowest BCUT2D eigenvalue weighted by molar-refractivity contribution is -0.139. The molecule has 4 nitrogen and oxygen atoms in total. The van der Waals surface area contributed by atoms with Gasteiger partial charge < -0.3 is 10.6 Å². The lowest BCUT2D eigenvalue weighted by Crippen LogP contribution is -2.54. The Morgan fingerprint density at radius 3 is 2.67 bits per heavy atom. The number of rotatable bonds is 5. The highest BCUT2D eigenvalue weighted by Gasteiger charge is 2.32. The van der Waals surface area contributed by atoms with Gasteiger partial charge in [-0.25, -0.2) is 0 Å². The van der Waals surface area contributed by atoms with Crippen LogP contribution in [0.2, 0.25) is 0 Å². The number of carbonyl (C=O) groups is 1. The SMILES string of the molecule is CCC(C)(N)C(=O)N(Cc1cccnc1)C(C)C. The number of amides is 1. The molecule has 1 unspecified atom stereocenters. The van der Waals surface area contributed by atoms with Crippen LogP contribution in [-0.4, -0.2) is 27.4 Å². The van der Waals surface area contributed by atoms with Crippen molar-refractivity contribution in [1.29, 1.82) is 0 Å². The average Bonchev–Trinajstić information content (AvgIpc) is 2.36. The van der Waals surface area contributed by atoms with E-state index in [1.165, 1.54) is 0 Å². The Kier molecular flexibility index (Phi) is 4.84. The van der Waals surface area contributed by atoms with E-state index in [2.05, 4.69) is 4.98 Å². The summed E-state index contributed by atoms with van der Waals surface area (Å²) in [4.78, 5) is 18.3. The van der Waals surface area contributed by atoms with Crippen LogP contribution >= 0.6 is 0 Å². The van der Waals surface area contributed by atoms with Gasteiger partial charge in [0.05, 0.1) is 5.54 Å². The third-order valence-corrected chi connectivity index (χ3v) is 3.18. The molecule has 0 radical (unpaired) electrons. The Hall–Kier alpha value is -1.42. The number of hydrogen-bond donors (Lipinski definition) is 1. The summed E-state index contributed by atoms with van der Waals surface area (Å²) in [7, 11) is 0. The molecule has 0 saturated carbocycles. The van der Waals surface area contributed by atoms with E-state index >= 15 is 0 Å². The van der Waals surface area contributed by atoms with Gasteiger partial charge in [0.25, 0.3) is 0 Å². The molecule has 1 aromatic heterocycles. The van der Waals surface area contributed by atoms with Gasteiger partial charge in [-0.05, 0) is 38.8 Å². The Labute approximate surface area is 109 Å². The van der Waals surface area contributed by atoms with Crippen molar-refractivity contribution >= 4 is 5.91 Å². The molecule has 1 atom stereocenters. The quantitative estimate of drug-likeness (QED) is 0.867. The predicted octanol–water partition coefficient (Wildman–Crippen LogP) is 1.95. The minimum atomic E-state index is -0.799. The fourth-order valence-electron chi connectivity index (χ4n) is 1.66. The lowest BCUT2D eigenvalue weighted by Gasteiger charge is -2.34. The van der Waals surface area contributed by atoms with E-state index in [0.29, 0.717) is 13.0 Å². The molecule has 0 aliphatic carbocycles. The van der Waals surface area contributed by atoms with E-state index in [0.717, 1.165) is 5.56 Å². The molecule has 1 heterocycles. The van der Waals surface area contributed by atoms with Gasteiger partial charge in [-0.15, -0.1) is 0 Å². The van der Waals surface area contributed by atoms with Crippen LogP contribution < -0.4 is 5.73 Å². The van der Waals surface area contributed by atoms with Crippen LogP contribution in [0, 0.1) is 0 Å². The van der Waals surface area contributed by atoms with Crippen molar-refractivity contribution < 1.29 is 4.79 Å². The molecule has 100 valence electrons. The molecule has 0 aliphatic heterocycles. The topological polar surface area (TPSA) is 59.2 Å². The highest BCUT2D eigenvalue weighted by Crippen LogP contribution is 2.15. The van der Waals surface area contributed by atoms with Crippen molar-refractivity contribution in [2.75, 3.05) is 0 Å². The molecule has 0 spiro atoms. The first-order valence-corrected chi connectivity index (χ1v) is 6.37. The van der Waals surface area contributed by atoms with Crippen molar-refractivity contribution in [1.82, 2.24) is 9.88 Å². The van der Waals surface area contributed by atoms with Crippen LogP contribution in [0.5, 0.6) is 0 Å². The van der Waals surface area contributed by atoms with E-state index in [-0.39, 0.29) is 11.9 Å².